The molecular formula is C38H72N2O2. The molecule has 0 saturated heterocycles. The second kappa shape index (κ2) is 35.6. The van der Waals surface area contributed by atoms with Crippen molar-refractivity contribution in [2.24, 2.45) is 0 Å². The zero-order chi connectivity index (χ0) is 30.6. The van der Waals surface area contributed by atoms with E-state index in [4.69, 9.17) is 0 Å². The molecule has 0 rings (SSSR count). The monoisotopic (exact) mass is 589 g/mol. The SMILES string of the molecule is CCCCCC/C=C/CCCCCCCCCC(=O)NCCNC(=O)CCCCCCCCC/C=C/CCCCCC. The van der Waals surface area contributed by atoms with Crippen LogP contribution in [0.15, 0.2) is 24.3 Å². The molecule has 0 heterocycles. The van der Waals surface area contributed by atoms with Gasteiger partial charge < -0.3 is 10.6 Å². The molecule has 0 atom stereocenters. The molecule has 0 aliphatic carbocycles. The Morgan fingerprint density at radius 2 is 0.643 bits per heavy atom. The standard InChI is InChI=1S/C38H72N2O2/c1-3-5-7-9-11-13-15-17-19-21-23-25-27-29-31-33-37(41)39-35-36-40-38(42)34-32-30-28-26-24-22-20-18-16-14-12-10-8-6-4-2/h13-16H,3-12,17-36H2,1-2H3,(H,39,41)(H,40,42)/b15-13+,16-14+. The first kappa shape index (κ1) is 40.4. The topological polar surface area (TPSA) is 58.2 Å². The minimum absolute atomic E-state index is 0.115. The van der Waals surface area contributed by atoms with Crippen molar-refractivity contribution in [1.82, 2.24) is 10.6 Å². The van der Waals surface area contributed by atoms with Gasteiger partial charge in [0.25, 0.3) is 0 Å². The molecule has 0 aromatic carbocycles. The average molecular weight is 589 g/mol. The first-order chi connectivity index (χ1) is 20.7. The van der Waals surface area contributed by atoms with Crippen molar-refractivity contribution in [3.05, 3.63) is 24.3 Å². The molecule has 0 unspecified atom stereocenters. The minimum atomic E-state index is 0.115. The van der Waals surface area contributed by atoms with Crippen LogP contribution in [0.2, 0.25) is 0 Å². The Kier molecular flexibility index (Phi) is 34.3. The third-order valence-electron chi connectivity index (χ3n) is 8.10. The number of hydrogen-bond donors (Lipinski definition) is 2. The van der Waals surface area contributed by atoms with Crippen molar-refractivity contribution >= 4 is 11.8 Å². The molecule has 0 aliphatic heterocycles. The smallest absolute Gasteiger partial charge is 0.220 e. The van der Waals surface area contributed by atoms with Gasteiger partial charge in [-0.15, -0.1) is 0 Å². The molecule has 0 radical (unpaired) electrons. The molecule has 2 amide bonds. The summed E-state index contributed by atoms with van der Waals surface area (Å²) in [5.41, 5.74) is 0. The van der Waals surface area contributed by atoms with Crippen LogP contribution in [0.4, 0.5) is 0 Å². The van der Waals surface area contributed by atoms with Gasteiger partial charge in [0.1, 0.15) is 0 Å². The Bertz CT molecular complexity index is 575. The zero-order valence-corrected chi connectivity index (χ0v) is 28.3. The highest BCUT2D eigenvalue weighted by atomic mass is 16.2. The van der Waals surface area contributed by atoms with Gasteiger partial charge in [-0.05, 0) is 64.2 Å². The minimum Gasteiger partial charge on any atom is -0.354 e. The molecule has 42 heavy (non-hydrogen) atoms. The molecule has 0 bridgehead atoms. The van der Waals surface area contributed by atoms with Gasteiger partial charge in [-0.3, -0.25) is 9.59 Å². The number of allylic oxidation sites excluding steroid dienone is 4. The van der Waals surface area contributed by atoms with Crippen LogP contribution in [0.5, 0.6) is 0 Å². The van der Waals surface area contributed by atoms with Crippen LogP contribution < -0.4 is 10.6 Å². The van der Waals surface area contributed by atoms with Crippen LogP contribution in [0, 0.1) is 0 Å². The number of rotatable bonds is 33. The Morgan fingerprint density at radius 1 is 0.381 bits per heavy atom. The maximum absolute atomic E-state index is 12.0. The molecule has 0 aliphatic rings. The van der Waals surface area contributed by atoms with Gasteiger partial charge in [-0.25, -0.2) is 0 Å². The largest absolute Gasteiger partial charge is 0.354 e. The van der Waals surface area contributed by atoms with Crippen molar-refractivity contribution in [2.45, 2.75) is 194 Å². The van der Waals surface area contributed by atoms with Gasteiger partial charge in [0.15, 0.2) is 0 Å². The first-order valence-electron chi connectivity index (χ1n) is 18.5. The van der Waals surface area contributed by atoms with E-state index >= 15 is 0 Å². The summed E-state index contributed by atoms with van der Waals surface area (Å²) in [6, 6.07) is 0. The predicted octanol–water partition coefficient (Wildman–Crippen LogP) is 11.3. The number of amides is 2. The lowest BCUT2D eigenvalue weighted by Gasteiger charge is -2.07. The second-order valence-corrected chi connectivity index (χ2v) is 12.4. The summed E-state index contributed by atoms with van der Waals surface area (Å²) in [5, 5.41) is 5.89. The van der Waals surface area contributed by atoms with Gasteiger partial charge in [0.05, 0.1) is 0 Å². The van der Waals surface area contributed by atoms with Crippen LogP contribution in [0.1, 0.15) is 194 Å². The third-order valence-corrected chi connectivity index (χ3v) is 8.10. The Morgan fingerprint density at radius 3 is 0.952 bits per heavy atom. The van der Waals surface area contributed by atoms with Crippen molar-refractivity contribution in [3.8, 4) is 0 Å². The van der Waals surface area contributed by atoms with Crippen LogP contribution >= 0.6 is 0 Å². The van der Waals surface area contributed by atoms with E-state index in [1.165, 1.54) is 141 Å². The summed E-state index contributed by atoms with van der Waals surface area (Å²) in [6.45, 7) is 5.59. The maximum Gasteiger partial charge on any atom is 0.220 e. The Hall–Kier alpha value is -1.58. The first-order valence-corrected chi connectivity index (χ1v) is 18.5. The molecule has 2 N–H and O–H groups in total. The zero-order valence-electron chi connectivity index (χ0n) is 28.3. The third kappa shape index (κ3) is 34.6. The van der Waals surface area contributed by atoms with Gasteiger partial charge >= 0.3 is 0 Å². The van der Waals surface area contributed by atoms with Crippen LogP contribution in [-0.4, -0.2) is 24.9 Å². The van der Waals surface area contributed by atoms with Gasteiger partial charge in [-0.2, -0.15) is 0 Å². The average Bonchev–Trinajstić information content (AvgIpc) is 2.99. The van der Waals surface area contributed by atoms with E-state index in [0.717, 1.165) is 25.7 Å². The summed E-state index contributed by atoms with van der Waals surface area (Å²) in [5.74, 6) is 0.230. The maximum atomic E-state index is 12.0. The number of unbranched alkanes of at least 4 members (excludes halogenated alkanes) is 22. The second-order valence-electron chi connectivity index (χ2n) is 12.4. The van der Waals surface area contributed by atoms with Gasteiger partial charge in [0.2, 0.25) is 11.8 Å². The van der Waals surface area contributed by atoms with E-state index in [1.807, 2.05) is 0 Å². The molecule has 0 saturated carbocycles. The fraction of sp³-hybridized carbons (Fsp3) is 0.842. The molecular weight excluding hydrogens is 516 g/mol. The van der Waals surface area contributed by atoms with Crippen LogP contribution in [0.3, 0.4) is 0 Å². The van der Waals surface area contributed by atoms with E-state index in [9.17, 15) is 9.59 Å². The fourth-order valence-electron chi connectivity index (χ4n) is 5.29. The van der Waals surface area contributed by atoms with Crippen LogP contribution in [0.25, 0.3) is 0 Å². The summed E-state index contributed by atoms with van der Waals surface area (Å²) in [7, 11) is 0. The number of nitrogens with one attached hydrogen (secondary N) is 2. The normalized spacial score (nSPS) is 11.6. The highest BCUT2D eigenvalue weighted by molar-refractivity contribution is 5.77. The molecule has 246 valence electrons. The summed E-state index contributed by atoms with van der Waals surface area (Å²) < 4.78 is 0. The van der Waals surface area contributed by atoms with Crippen molar-refractivity contribution in [2.75, 3.05) is 13.1 Å². The number of hydrogen-bond acceptors (Lipinski definition) is 2. The molecule has 0 aromatic heterocycles. The van der Waals surface area contributed by atoms with Crippen molar-refractivity contribution < 1.29 is 9.59 Å². The van der Waals surface area contributed by atoms with E-state index in [-0.39, 0.29) is 11.8 Å². The van der Waals surface area contributed by atoms with Crippen molar-refractivity contribution in [3.63, 3.8) is 0 Å². The van der Waals surface area contributed by atoms with E-state index < -0.39 is 0 Å². The molecule has 0 fully saturated rings. The lowest BCUT2D eigenvalue weighted by molar-refractivity contribution is -0.123. The van der Waals surface area contributed by atoms with Crippen molar-refractivity contribution in [1.29, 1.82) is 0 Å². The molecule has 4 heteroatoms. The quantitative estimate of drug-likeness (QED) is 0.0591. The predicted molar refractivity (Wildman–Crippen MR) is 185 cm³/mol. The summed E-state index contributed by atoms with van der Waals surface area (Å²) in [4.78, 5) is 24.0. The molecule has 0 aromatic rings. The molecule has 4 nitrogen and oxygen atoms in total. The fourth-order valence-corrected chi connectivity index (χ4v) is 5.29. The summed E-state index contributed by atoms with van der Waals surface area (Å²) >= 11 is 0. The lowest BCUT2D eigenvalue weighted by atomic mass is 10.1. The Labute approximate surface area is 262 Å². The van der Waals surface area contributed by atoms with E-state index in [0.29, 0.717) is 25.9 Å². The number of carbonyl (C=O) groups excluding carboxylic acids is 2. The van der Waals surface area contributed by atoms with E-state index in [2.05, 4.69) is 48.8 Å². The lowest BCUT2D eigenvalue weighted by Crippen LogP contribution is -2.34. The molecule has 0 spiro atoms. The Balaban J connectivity index is 3.32. The van der Waals surface area contributed by atoms with Crippen LogP contribution in [-0.2, 0) is 9.59 Å². The highest BCUT2D eigenvalue weighted by Crippen LogP contribution is 2.12. The van der Waals surface area contributed by atoms with Gasteiger partial charge in [-0.1, -0.05) is 141 Å². The highest BCUT2D eigenvalue weighted by Gasteiger charge is 2.03. The summed E-state index contributed by atoms with van der Waals surface area (Å²) in [6.07, 6.45) is 43.6. The van der Waals surface area contributed by atoms with E-state index in [1.54, 1.807) is 0 Å². The van der Waals surface area contributed by atoms with Gasteiger partial charge in [0, 0.05) is 25.9 Å². The number of carbonyl (C=O) groups is 2.